The molecule has 0 bridgehead atoms. The number of aromatic nitrogens is 4. The Labute approximate surface area is 186 Å². The lowest BCUT2D eigenvalue weighted by Crippen LogP contribution is -2.44. The van der Waals surface area contributed by atoms with Gasteiger partial charge in [0.2, 0.25) is 0 Å². The van der Waals surface area contributed by atoms with Crippen molar-refractivity contribution >= 4 is 27.8 Å². The number of aryl methyl sites for hydroxylation is 1. The maximum Gasteiger partial charge on any atom is 0.138 e. The summed E-state index contributed by atoms with van der Waals surface area (Å²) < 4.78 is 0. The molecule has 5 aromatic rings. The second kappa shape index (κ2) is 7.50. The van der Waals surface area contributed by atoms with Crippen LogP contribution in [0.2, 0.25) is 0 Å². The Morgan fingerprint density at radius 1 is 0.688 bits per heavy atom. The Morgan fingerprint density at radius 3 is 2.00 bits per heavy atom. The van der Waals surface area contributed by atoms with Gasteiger partial charge < -0.3 is 19.8 Å². The maximum absolute atomic E-state index is 4.90. The van der Waals surface area contributed by atoms with Gasteiger partial charge in [0, 0.05) is 43.0 Å². The molecule has 0 spiro atoms. The van der Waals surface area contributed by atoms with Gasteiger partial charge in [-0.05, 0) is 50.4 Å². The highest BCUT2D eigenvalue weighted by Crippen LogP contribution is 2.28. The fraction of sp³-hybridized carbons (Fsp3) is 0.231. The normalized spacial score (nSPS) is 15.1. The van der Waals surface area contributed by atoms with E-state index in [-0.39, 0.29) is 0 Å². The zero-order valence-electron chi connectivity index (χ0n) is 18.4. The van der Waals surface area contributed by atoms with Crippen LogP contribution in [-0.4, -0.2) is 58.1 Å². The van der Waals surface area contributed by atoms with Crippen molar-refractivity contribution in [2.24, 2.45) is 0 Å². The van der Waals surface area contributed by atoms with Gasteiger partial charge in [0.25, 0.3) is 0 Å². The van der Waals surface area contributed by atoms with Crippen LogP contribution in [0.4, 0.5) is 5.69 Å². The van der Waals surface area contributed by atoms with E-state index < -0.39 is 0 Å². The van der Waals surface area contributed by atoms with Crippen LogP contribution in [0, 0.1) is 6.92 Å². The van der Waals surface area contributed by atoms with Crippen molar-refractivity contribution in [1.82, 2.24) is 24.8 Å². The smallest absolute Gasteiger partial charge is 0.138 e. The zero-order chi connectivity index (χ0) is 21.7. The van der Waals surface area contributed by atoms with Gasteiger partial charge in [-0.15, -0.1) is 0 Å². The van der Waals surface area contributed by atoms with Gasteiger partial charge in [-0.1, -0.05) is 29.8 Å². The number of nitrogens with one attached hydrogen (secondary N) is 2. The third-order valence-electron chi connectivity index (χ3n) is 6.42. The predicted octanol–water partition coefficient (Wildman–Crippen LogP) is 4.83. The first kappa shape index (κ1) is 19.1. The minimum atomic E-state index is 0.873. The predicted molar refractivity (Wildman–Crippen MR) is 131 cm³/mol. The molecule has 6 nitrogen and oxygen atoms in total. The van der Waals surface area contributed by atoms with Crippen molar-refractivity contribution in [2.75, 3.05) is 38.1 Å². The van der Waals surface area contributed by atoms with E-state index in [1.54, 1.807) is 0 Å². The van der Waals surface area contributed by atoms with Crippen LogP contribution in [-0.2, 0) is 0 Å². The number of piperazine rings is 1. The standard InChI is InChI=1S/C26H26N6/c1-17-3-5-18(6-4-17)25-27-21-9-7-19(15-23(21)29-25)26-28-22-10-8-20(16-24(22)30-26)32-13-11-31(2)12-14-32/h3-10,15-16H,11-14H2,1-2H3,(H,27,29)(H,28,30). The summed E-state index contributed by atoms with van der Waals surface area (Å²) in [4.78, 5) is 21.5. The molecule has 2 N–H and O–H groups in total. The summed E-state index contributed by atoms with van der Waals surface area (Å²) >= 11 is 0. The monoisotopic (exact) mass is 422 g/mol. The summed E-state index contributed by atoms with van der Waals surface area (Å²) in [6.07, 6.45) is 0. The molecule has 0 atom stereocenters. The number of nitrogens with zero attached hydrogens (tertiary/aromatic N) is 4. The highest BCUT2D eigenvalue weighted by atomic mass is 15.2. The average Bonchev–Trinajstić information content (AvgIpc) is 3.43. The first-order valence-corrected chi connectivity index (χ1v) is 11.1. The summed E-state index contributed by atoms with van der Waals surface area (Å²) in [5.41, 5.74) is 8.64. The molecule has 0 unspecified atom stereocenters. The van der Waals surface area contributed by atoms with E-state index in [4.69, 9.17) is 9.97 Å². The molecule has 160 valence electrons. The van der Waals surface area contributed by atoms with Gasteiger partial charge >= 0.3 is 0 Å². The van der Waals surface area contributed by atoms with E-state index >= 15 is 0 Å². The lowest BCUT2D eigenvalue weighted by molar-refractivity contribution is 0.313. The van der Waals surface area contributed by atoms with E-state index in [0.29, 0.717) is 0 Å². The number of H-pyrrole nitrogens is 2. The number of anilines is 1. The minimum absolute atomic E-state index is 0.873. The molecule has 32 heavy (non-hydrogen) atoms. The highest BCUT2D eigenvalue weighted by Gasteiger charge is 2.16. The Balaban J connectivity index is 1.32. The number of benzene rings is 3. The molecule has 6 rings (SSSR count). The molecule has 0 amide bonds. The summed E-state index contributed by atoms with van der Waals surface area (Å²) in [5, 5.41) is 0. The molecule has 1 fully saturated rings. The van der Waals surface area contributed by atoms with Crippen LogP contribution in [0.25, 0.3) is 44.8 Å². The second-order valence-corrected chi connectivity index (χ2v) is 8.76. The average molecular weight is 423 g/mol. The van der Waals surface area contributed by atoms with Crippen LogP contribution in [0.3, 0.4) is 0 Å². The van der Waals surface area contributed by atoms with Crippen molar-refractivity contribution in [3.05, 3.63) is 66.2 Å². The van der Waals surface area contributed by atoms with Gasteiger partial charge in [0.05, 0.1) is 22.1 Å². The quantitative estimate of drug-likeness (QED) is 0.437. The first-order chi connectivity index (χ1) is 15.6. The number of hydrogen-bond acceptors (Lipinski definition) is 4. The highest BCUT2D eigenvalue weighted by molar-refractivity contribution is 5.87. The van der Waals surface area contributed by atoms with Gasteiger partial charge in [-0.3, -0.25) is 0 Å². The number of hydrogen-bond donors (Lipinski definition) is 2. The molecule has 0 aliphatic carbocycles. The molecule has 1 saturated heterocycles. The lowest BCUT2D eigenvalue weighted by Gasteiger charge is -2.34. The number of fused-ring (bicyclic) bond motifs is 2. The van der Waals surface area contributed by atoms with E-state index in [1.165, 1.54) is 11.3 Å². The van der Waals surface area contributed by atoms with Crippen LogP contribution in [0.1, 0.15) is 5.56 Å². The van der Waals surface area contributed by atoms with Crippen molar-refractivity contribution in [3.63, 3.8) is 0 Å². The maximum atomic E-state index is 4.90. The molecule has 1 aliphatic heterocycles. The first-order valence-electron chi connectivity index (χ1n) is 11.1. The molecule has 2 aromatic heterocycles. The third kappa shape index (κ3) is 3.42. The van der Waals surface area contributed by atoms with Crippen LogP contribution in [0.15, 0.2) is 60.7 Å². The van der Waals surface area contributed by atoms with Crippen LogP contribution < -0.4 is 4.90 Å². The summed E-state index contributed by atoms with van der Waals surface area (Å²) in [6, 6.07) is 21.2. The molecule has 1 aliphatic rings. The van der Waals surface area contributed by atoms with Crippen molar-refractivity contribution in [3.8, 4) is 22.8 Å². The van der Waals surface area contributed by atoms with Gasteiger partial charge in [-0.2, -0.15) is 0 Å². The Hall–Kier alpha value is -3.64. The van der Waals surface area contributed by atoms with E-state index in [9.17, 15) is 0 Å². The molecule has 3 heterocycles. The largest absolute Gasteiger partial charge is 0.369 e. The lowest BCUT2D eigenvalue weighted by atomic mass is 10.1. The van der Waals surface area contributed by atoms with Gasteiger partial charge in [0.15, 0.2) is 0 Å². The summed E-state index contributed by atoms with van der Waals surface area (Å²) in [5.74, 6) is 1.76. The van der Waals surface area contributed by atoms with Crippen molar-refractivity contribution in [2.45, 2.75) is 6.92 Å². The fourth-order valence-electron chi connectivity index (χ4n) is 4.39. The zero-order valence-corrected chi connectivity index (χ0v) is 18.4. The summed E-state index contributed by atoms with van der Waals surface area (Å²) in [6.45, 7) is 6.39. The molecule has 0 saturated carbocycles. The number of likely N-dealkylation sites (N-methyl/N-ethyl adjacent to an activating group) is 1. The molecule has 3 aromatic carbocycles. The fourth-order valence-corrected chi connectivity index (χ4v) is 4.39. The second-order valence-electron chi connectivity index (χ2n) is 8.76. The van der Waals surface area contributed by atoms with E-state index in [2.05, 4.69) is 94.4 Å². The molecule has 0 radical (unpaired) electrons. The number of rotatable bonds is 3. The topological polar surface area (TPSA) is 63.8 Å². The molecule has 6 heteroatoms. The van der Waals surface area contributed by atoms with E-state index in [0.717, 1.165) is 71.0 Å². The van der Waals surface area contributed by atoms with Gasteiger partial charge in [0.1, 0.15) is 11.6 Å². The SMILES string of the molecule is Cc1ccc(-c2nc3cc(-c4nc5cc(N6CCN(C)CC6)ccc5[nH]4)ccc3[nH]2)cc1. The Bertz CT molecular complexity index is 1400. The Morgan fingerprint density at radius 2 is 1.28 bits per heavy atom. The van der Waals surface area contributed by atoms with Crippen molar-refractivity contribution < 1.29 is 0 Å². The molecular formula is C26H26N6. The Kier molecular flexibility index (Phi) is 4.47. The van der Waals surface area contributed by atoms with Crippen LogP contribution >= 0.6 is 0 Å². The molecular weight excluding hydrogens is 396 g/mol. The third-order valence-corrected chi connectivity index (χ3v) is 6.42. The van der Waals surface area contributed by atoms with E-state index in [1.807, 2.05) is 0 Å². The summed E-state index contributed by atoms with van der Waals surface area (Å²) in [7, 11) is 2.18. The number of aromatic amines is 2. The van der Waals surface area contributed by atoms with Crippen molar-refractivity contribution in [1.29, 1.82) is 0 Å². The van der Waals surface area contributed by atoms with Gasteiger partial charge in [-0.25, -0.2) is 9.97 Å². The number of imidazole rings is 2. The van der Waals surface area contributed by atoms with Crippen LogP contribution in [0.5, 0.6) is 0 Å². The minimum Gasteiger partial charge on any atom is -0.369 e.